The molecule has 5 heteroatoms. The molecular formula is C7H7IN2O2. The highest BCUT2D eigenvalue weighted by atomic mass is 127. The molecule has 1 heterocycles. The van der Waals surface area contributed by atoms with Crippen LogP contribution in [0.2, 0.25) is 0 Å². The Kier molecular flexibility index (Phi) is 3.27. The van der Waals surface area contributed by atoms with Gasteiger partial charge in [-0.15, -0.1) is 0 Å². The van der Waals surface area contributed by atoms with E-state index >= 15 is 0 Å². The van der Waals surface area contributed by atoms with Crippen molar-refractivity contribution in [3.63, 3.8) is 0 Å². The first-order chi connectivity index (χ1) is 5.74. The highest BCUT2D eigenvalue weighted by Gasteiger charge is 2.03. The molecule has 0 unspecified atom stereocenters. The third-order valence-electron chi connectivity index (χ3n) is 1.30. The minimum Gasteiger partial charge on any atom is -0.378 e. The molecule has 0 bridgehead atoms. The first kappa shape index (κ1) is 9.24. The second kappa shape index (κ2) is 4.24. The van der Waals surface area contributed by atoms with Crippen molar-refractivity contribution in [1.82, 2.24) is 4.98 Å². The number of hydrogen-bond donors (Lipinski definition) is 1. The molecule has 0 fully saturated rings. The molecule has 0 aromatic carbocycles. The molecule has 4 nitrogen and oxygen atoms in total. The Morgan fingerprint density at radius 2 is 2.50 bits per heavy atom. The third-order valence-corrected chi connectivity index (χ3v) is 1.70. The fraction of sp³-hybridized carbons (Fsp3) is 0.143. The van der Waals surface area contributed by atoms with E-state index in [0.29, 0.717) is 5.82 Å². The number of pyridine rings is 1. The molecule has 64 valence electrons. The van der Waals surface area contributed by atoms with Crippen LogP contribution < -0.4 is 5.32 Å². The van der Waals surface area contributed by atoms with E-state index in [1.165, 1.54) is 23.0 Å². The lowest BCUT2D eigenvalue weighted by Gasteiger charge is -2.03. The normalized spacial score (nSPS) is 9.17. The summed E-state index contributed by atoms with van der Waals surface area (Å²) in [5, 5.41) is 2.48. The summed E-state index contributed by atoms with van der Waals surface area (Å²) in [6, 6.07) is 3.66. The van der Waals surface area contributed by atoms with Crippen LogP contribution in [-0.4, -0.2) is 11.1 Å². The van der Waals surface area contributed by atoms with Crippen molar-refractivity contribution in [3.8, 4) is 0 Å². The van der Waals surface area contributed by atoms with Crippen molar-refractivity contribution >= 4 is 34.9 Å². The number of amides is 1. The predicted octanol–water partition coefficient (Wildman–Crippen LogP) is 2.29. The van der Waals surface area contributed by atoms with Crippen LogP contribution in [0, 0.1) is 6.92 Å². The molecular weight excluding hydrogens is 271 g/mol. The number of carbonyl (C=O) groups excluding carboxylic acids is 1. The van der Waals surface area contributed by atoms with Crippen LogP contribution in [0.3, 0.4) is 0 Å². The summed E-state index contributed by atoms with van der Waals surface area (Å²) in [4.78, 5) is 14.7. The van der Waals surface area contributed by atoms with Gasteiger partial charge in [0, 0.05) is 6.20 Å². The van der Waals surface area contributed by atoms with Gasteiger partial charge in [-0.05, 0) is 18.6 Å². The van der Waals surface area contributed by atoms with Gasteiger partial charge in [0.15, 0.2) is 23.0 Å². The first-order valence-corrected chi connectivity index (χ1v) is 4.13. The maximum atomic E-state index is 10.8. The molecule has 0 atom stereocenters. The lowest BCUT2D eigenvalue weighted by molar-refractivity contribution is 0.228. The summed E-state index contributed by atoms with van der Waals surface area (Å²) >= 11 is 1.51. The van der Waals surface area contributed by atoms with Crippen molar-refractivity contribution in [2.45, 2.75) is 6.92 Å². The zero-order valence-electron chi connectivity index (χ0n) is 6.37. The number of halogens is 1. The monoisotopic (exact) mass is 278 g/mol. The molecule has 0 aliphatic heterocycles. The summed E-state index contributed by atoms with van der Waals surface area (Å²) in [6.07, 6.45) is 1.09. The molecule has 1 aromatic heterocycles. The van der Waals surface area contributed by atoms with E-state index in [1.807, 2.05) is 13.0 Å². The van der Waals surface area contributed by atoms with Gasteiger partial charge in [0.1, 0.15) is 5.82 Å². The summed E-state index contributed by atoms with van der Waals surface area (Å²) in [6.45, 7) is 1.86. The fourth-order valence-corrected chi connectivity index (χ4v) is 0.843. The zero-order chi connectivity index (χ0) is 8.97. The first-order valence-electron chi connectivity index (χ1n) is 3.25. The number of nitrogens with one attached hydrogen (secondary N) is 1. The Morgan fingerprint density at radius 3 is 3.08 bits per heavy atom. The maximum Gasteiger partial charge on any atom is 0.422 e. The lowest BCUT2D eigenvalue weighted by Crippen LogP contribution is -2.10. The van der Waals surface area contributed by atoms with Crippen molar-refractivity contribution < 1.29 is 7.86 Å². The number of aromatic nitrogens is 1. The molecule has 12 heavy (non-hydrogen) atoms. The average molecular weight is 278 g/mol. The van der Waals surface area contributed by atoms with Crippen LogP contribution in [0.15, 0.2) is 18.3 Å². The van der Waals surface area contributed by atoms with Crippen LogP contribution in [-0.2, 0) is 3.07 Å². The van der Waals surface area contributed by atoms with E-state index in [4.69, 9.17) is 0 Å². The molecule has 0 aliphatic rings. The Labute approximate surface area is 84.0 Å². The van der Waals surface area contributed by atoms with Gasteiger partial charge < -0.3 is 3.07 Å². The van der Waals surface area contributed by atoms with Crippen LogP contribution >= 0.6 is 23.0 Å². The molecule has 0 spiro atoms. The van der Waals surface area contributed by atoms with Crippen molar-refractivity contribution in [2.75, 3.05) is 5.32 Å². The quantitative estimate of drug-likeness (QED) is 0.802. The standard InChI is InChI=1S/C7H7IN2O2/c1-5-3-2-4-9-6(5)10-7(11)12-8/h2-4H,1H3,(H,9,10,11). The van der Waals surface area contributed by atoms with Crippen LogP contribution in [0.4, 0.5) is 10.6 Å². The van der Waals surface area contributed by atoms with Gasteiger partial charge in [0.05, 0.1) is 0 Å². The second-order valence-electron chi connectivity index (χ2n) is 2.16. The summed E-state index contributed by atoms with van der Waals surface area (Å²) in [7, 11) is 0. The lowest BCUT2D eigenvalue weighted by atomic mass is 10.3. The zero-order valence-corrected chi connectivity index (χ0v) is 8.53. The smallest absolute Gasteiger partial charge is 0.378 e. The van der Waals surface area contributed by atoms with Gasteiger partial charge in [-0.3, -0.25) is 5.32 Å². The van der Waals surface area contributed by atoms with Crippen LogP contribution in [0.1, 0.15) is 5.56 Å². The minimum absolute atomic E-state index is 0.516. The molecule has 1 aromatic rings. The topological polar surface area (TPSA) is 51.2 Å². The van der Waals surface area contributed by atoms with Crippen molar-refractivity contribution in [2.24, 2.45) is 0 Å². The minimum atomic E-state index is -0.516. The molecule has 0 saturated heterocycles. The van der Waals surface area contributed by atoms with E-state index in [2.05, 4.69) is 13.4 Å². The number of hydrogen-bond acceptors (Lipinski definition) is 3. The number of rotatable bonds is 1. The largest absolute Gasteiger partial charge is 0.422 e. The predicted molar refractivity (Wildman–Crippen MR) is 53.1 cm³/mol. The molecule has 0 aliphatic carbocycles. The maximum absolute atomic E-state index is 10.8. The van der Waals surface area contributed by atoms with E-state index in [9.17, 15) is 4.79 Å². The van der Waals surface area contributed by atoms with Crippen LogP contribution in [0.25, 0.3) is 0 Å². The van der Waals surface area contributed by atoms with Crippen LogP contribution in [0.5, 0.6) is 0 Å². The van der Waals surface area contributed by atoms with Crippen molar-refractivity contribution in [3.05, 3.63) is 23.9 Å². The highest BCUT2D eigenvalue weighted by molar-refractivity contribution is 14.1. The van der Waals surface area contributed by atoms with E-state index < -0.39 is 6.09 Å². The SMILES string of the molecule is Cc1cccnc1NC(=O)OI. The molecule has 1 N–H and O–H groups in total. The fourth-order valence-electron chi connectivity index (χ4n) is 0.733. The van der Waals surface area contributed by atoms with E-state index in [-0.39, 0.29) is 0 Å². The van der Waals surface area contributed by atoms with Gasteiger partial charge in [0.2, 0.25) is 0 Å². The van der Waals surface area contributed by atoms with Gasteiger partial charge in [-0.2, -0.15) is 0 Å². The molecule has 1 rings (SSSR count). The van der Waals surface area contributed by atoms with E-state index in [0.717, 1.165) is 5.56 Å². The summed E-state index contributed by atoms with van der Waals surface area (Å²) in [5.41, 5.74) is 0.902. The number of anilines is 1. The number of aryl methyl sites for hydroxylation is 1. The summed E-state index contributed by atoms with van der Waals surface area (Å²) < 4.78 is 4.39. The number of carbonyl (C=O) groups is 1. The summed E-state index contributed by atoms with van der Waals surface area (Å²) in [5.74, 6) is 0.527. The second-order valence-corrected chi connectivity index (χ2v) is 2.60. The van der Waals surface area contributed by atoms with E-state index in [1.54, 1.807) is 12.3 Å². The van der Waals surface area contributed by atoms with Gasteiger partial charge in [-0.1, -0.05) is 6.07 Å². The Balaban J connectivity index is 2.75. The highest BCUT2D eigenvalue weighted by Crippen LogP contribution is 2.09. The van der Waals surface area contributed by atoms with Crippen molar-refractivity contribution in [1.29, 1.82) is 0 Å². The van der Waals surface area contributed by atoms with Gasteiger partial charge >= 0.3 is 6.09 Å². The third kappa shape index (κ3) is 2.33. The van der Waals surface area contributed by atoms with Gasteiger partial charge in [0.25, 0.3) is 0 Å². The number of nitrogens with zero attached hydrogens (tertiary/aromatic N) is 1. The van der Waals surface area contributed by atoms with Gasteiger partial charge in [-0.25, -0.2) is 9.78 Å². The Morgan fingerprint density at radius 1 is 1.75 bits per heavy atom. The Hall–Kier alpha value is -0.850. The molecule has 1 amide bonds. The molecule has 0 radical (unpaired) electrons. The molecule has 0 saturated carbocycles. The average Bonchev–Trinajstić information content (AvgIpc) is 2.09. The Bertz CT molecular complexity index is 290.